The lowest BCUT2D eigenvalue weighted by Crippen LogP contribution is -2.55. The Hall–Kier alpha value is -1.46. The third-order valence-corrected chi connectivity index (χ3v) is 4.77. The molecule has 2 rings (SSSR count). The molecule has 1 heterocycles. The van der Waals surface area contributed by atoms with E-state index in [1.54, 1.807) is 23.9 Å². The Kier molecular flexibility index (Phi) is 6.34. The van der Waals surface area contributed by atoms with Crippen molar-refractivity contribution in [3.63, 3.8) is 0 Å². The van der Waals surface area contributed by atoms with Crippen molar-refractivity contribution in [2.24, 2.45) is 5.92 Å². The SMILES string of the molecule is CN(C)C(=O)N1CCN(C(=O)NCCC2CCCCC2)CC1. The summed E-state index contributed by atoms with van der Waals surface area (Å²) in [6.07, 6.45) is 7.81. The van der Waals surface area contributed by atoms with Gasteiger partial charge in [0.1, 0.15) is 0 Å². The molecule has 6 heteroatoms. The van der Waals surface area contributed by atoms with E-state index < -0.39 is 0 Å². The van der Waals surface area contributed by atoms with Crippen LogP contribution in [0.25, 0.3) is 0 Å². The van der Waals surface area contributed by atoms with Gasteiger partial charge in [0.05, 0.1) is 0 Å². The molecule has 0 spiro atoms. The summed E-state index contributed by atoms with van der Waals surface area (Å²) < 4.78 is 0. The molecule has 1 saturated heterocycles. The van der Waals surface area contributed by atoms with Gasteiger partial charge in [0.2, 0.25) is 0 Å². The Morgan fingerprint density at radius 2 is 1.59 bits per heavy atom. The molecule has 1 aliphatic carbocycles. The van der Waals surface area contributed by atoms with E-state index in [2.05, 4.69) is 5.32 Å². The van der Waals surface area contributed by atoms with E-state index >= 15 is 0 Å². The van der Waals surface area contributed by atoms with Crippen LogP contribution in [0.5, 0.6) is 0 Å². The minimum Gasteiger partial charge on any atom is -0.338 e. The molecule has 0 aromatic carbocycles. The number of piperazine rings is 1. The second-order valence-corrected chi connectivity index (χ2v) is 6.68. The Bertz CT molecular complexity index is 372. The van der Waals surface area contributed by atoms with Crippen LogP contribution in [-0.4, -0.2) is 73.6 Å². The number of rotatable bonds is 3. The summed E-state index contributed by atoms with van der Waals surface area (Å²) >= 11 is 0. The Morgan fingerprint density at radius 1 is 1.00 bits per heavy atom. The Labute approximate surface area is 133 Å². The van der Waals surface area contributed by atoms with Crippen molar-refractivity contribution >= 4 is 12.1 Å². The van der Waals surface area contributed by atoms with E-state index in [-0.39, 0.29) is 12.1 Å². The zero-order valence-electron chi connectivity index (χ0n) is 14.0. The molecule has 0 aromatic rings. The smallest absolute Gasteiger partial charge is 0.319 e. The quantitative estimate of drug-likeness (QED) is 0.866. The summed E-state index contributed by atoms with van der Waals surface area (Å²) in [7, 11) is 3.51. The van der Waals surface area contributed by atoms with Crippen LogP contribution in [-0.2, 0) is 0 Å². The van der Waals surface area contributed by atoms with E-state index in [0.29, 0.717) is 26.2 Å². The standard InChI is InChI=1S/C16H30N4O2/c1-18(2)16(22)20-12-10-19(11-13-20)15(21)17-9-8-14-6-4-3-5-7-14/h14H,3-13H2,1-2H3,(H,17,21). The highest BCUT2D eigenvalue weighted by molar-refractivity contribution is 5.76. The maximum absolute atomic E-state index is 12.2. The number of carbonyl (C=O) groups is 2. The Balaban J connectivity index is 1.63. The molecule has 0 aromatic heterocycles. The van der Waals surface area contributed by atoms with Gasteiger partial charge in [0.25, 0.3) is 0 Å². The number of carbonyl (C=O) groups excluding carboxylic acids is 2. The molecule has 6 nitrogen and oxygen atoms in total. The molecule has 0 radical (unpaired) electrons. The van der Waals surface area contributed by atoms with Crippen LogP contribution in [0, 0.1) is 5.92 Å². The van der Waals surface area contributed by atoms with Crippen molar-refractivity contribution in [2.45, 2.75) is 38.5 Å². The zero-order chi connectivity index (χ0) is 15.9. The normalized spacial score (nSPS) is 19.9. The van der Waals surface area contributed by atoms with Gasteiger partial charge in [-0.05, 0) is 12.3 Å². The second-order valence-electron chi connectivity index (χ2n) is 6.68. The molecule has 2 aliphatic rings. The number of amides is 4. The molecule has 1 aliphatic heterocycles. The van der Waals surface area contributed by atoms with E-state index in [0.717, 1.165) is 18.9 Å². The molecule has 0 bridgehead atoms. The zero-order valence-corrected chi connectivity index (χ0v) is 14.0. The lowest BCUT2D eigenvalue weighted by Gasteiger charge is -2.36. The number of hydrogen-bond donors (Lipinski definition) is 1. The maximum atomic E-state index is 12.2. The average Bonchev–Trinajstić information content (AvgIpc) is 2.55. The van der Waals surface area contributed by atoms with E-state index in [4.69, 9.17) is 0 Å². The van der Waals surface area contributed by atoms with Crippen LogP contribution in [0.4, 0.5) is 9.59 Å². The molecule has 0 unspecified atom stereocenters. The molecule has 0 atom stereocenters. The van der Waals surface area contributed by atoms with Crippen molar-refractivity contribution in [1.82, 2.24) is 20.0 Å². The summed E-state index contributed by atoms with van der Waals surface area (Å²) in [5.74, 6) is 0.795. The van der Waals surface area contributed by atoms with Crippen LogP contribution in [0.3, 0.4) is 0 Å². The van der Waals surface area contributed by atoms with Gasteiger partial charge in [-0.25, -0.2) is 9.59 Å². The van der Waals surface area contributed by atoms with Crippen molar-refractivity contribution < 1.29 is 9.59 Å². The topological polar surface area (TPSA) is 55.9 Å². The number of nitrogens with zero attached hydrogens (tertiary/aromatic N) is 3. The second kappa shape index (κ2) is 8.25. The fourth-order valence-corrected chi connectivity index (χ4v) is 3.35. The predicted octanol–water partition coefficient (Wildman–Crippen LogP) is 1.97. The summed E-state index contributed by atoms with van der Waals surface area (Å²) in [4.78, 5) is 29.2. The average molecular weight is 310 g/mol. The van der Waals surface area contributed by atoms with Gasteiger partial charge >= 0.3 is 12.1 Å². The van der Waals surface area contributed by atoms with Crippen molar-refractivity contribution in [3.8, 4) is 0 Å². The fourth-order valence-electron chi connectivity index (χ4n) is 3.35. The van der Waals surface area contributed by atoms with Crippen LogP contribution in [0.15, 0.2) is 0 Å². The van der Waals surface area contributed by atoms with Gasteiger partial charge in [0, 0.05) is 46.8 Å². The van der Waals surface area contributed by atoms with Gasteiger partial charge in [-0.2, -0.15) is 0 Å². The largest absolute Gasteiger partial charge is 0.338 e. The molecule has 126 valence electrons. The monoisotopic (exact) mass is 310 g/mol. The van der Waals surface area contributed by atoms with Crippen LogP contribution < -0.4 is 5.32 Å². The van der Waals surface area contributed by atoms with Gasteiger partial charge in [-0.15, -0.1) is 0 Å². The van der Waals surface area contributed by atoms with Crippen LogP contribution in [0.2, 0.25) is 0 Å². The molecule has 4 amide bonds. The summed E-state index contributed by atoms with van der Waals surface area (Å²) in [5, 5.41) is 3.04. The minimum absolute atomic E-state index is 0.0211. The minimum atomic E-state index is 0.0211. The van der Waals surface area contributed by atoms with E-state index in [9.17, 15) is 9.59 Å². The van der Waals surface area contributed by atoms with Gasteiger partial charge in [-0.1, -0.05) is 32.1 Å². The summed E-state index contributed by atoms with van der Waals surface area (Å²) in [5.41, 5.74) is 0. The number of hydrogen-bond acceptors (Lipinski definition) is 2. The maximum Gasteiger partial charge on any atom is 0.319 e. The molecular formula is C16H30N4O2. The first-order valence-electron chi connectivity index (χ1n) is 8.57. The van der Waals surface area contributed by atoms with Crippen molar-refractivity contribution in [1.29, 1.82) is 0 Å². The molecule has 2 fully saturated rings. The molecular weight excluding hydrogens is 280 g/mol. The number of urea groups is 2. The summed E-state index contributed by atoms with van der Waals surface area (Å²) in [6.45, 7) is 3.25. The third kappa shape index (κ3) is 4.78. The Morgan fingerprint density at radius 3 is 2.18 bits per heavy atom. The van der Waals surface area contributed by atoms with Gasteiger partial charge < -0.3 is 20.0 Å². The van der Waals surface area contributed by atoms with Crippen molar-refractivity contribution in [3.05, 3.63) is 0 Å². The third-order valence-electron chi connectivity index (χ3n) is 4.77. The lowest BCUT2D eigenvalue weighted by molar-refractivity contribution is 0.128. The lowest BCUT2D eigenvalue weighted by atomic mass is 9.87. The molecule has 1 N–H and O–H groups in total. The fraction of sp³-hybridized carbons (Fsp3) is 0.875. The first kappa shape index (κ1) is 16.9. The highest BCUT2D eigenvalue weighted by atomic mass is 16.2. The van der Waals surface area contributed by atoms with Gasteiger partial charge in [-0.3, -0.25) is 0 Å². The van der Waals surface area contributed by atoms with Crippen molar-refractivity contribution in [2.75, 3.05) is 46.8 Å². The first-order chi connectivity index (χ1) is 10.6. The van der Waals surface area contributed by atoms with Crippen LogP contribution >= 0.6 is 0 Å². The van der Waals surface area contributed by atoms with Gasteiger partial charge in [0.15, 0.2) is 0 Å². The highest BCUT2D eigenvalue weighted by Gasteiger charge is 2.24. The highest BCUT2D eigenvalue weighted by Crippen LogP contribution is 2.25. The van der Waals surface area contributed by atoms with Crippen LogP contribution in [0.1, 0.15) is 38.5 Å². The van der Waals surface area contributed by atoms with E-state index in [1.807, 2.05) is 4.90 Å². The molecule has 1 saturated carbocycles. The number of nitrogens with one attached hydrogen (secondary N) is 1. The molecule has 22 heavy (non-hydrogen) atoms. The van der Waals surface area contributed by atoms with E-state index in [1.165, 1.54) is 32.1 Å². The predicted molar refractivity (Wildman–Crippen MR) is 86.8 cm³/mol. The summed E-state index contributed by atoms with van der Waals surface area (Å²) in [6, 6.07) is 0.0464. The first-order valence-corrected chi connectivity index (χ1v) is 8.57.